The third kappa shape index (κ3) is 2.02. The van der Waals surface area contributed by atoms with E-state index in [4.69, 9.17) is 0 Å². The third-order valence-corrected chi connectivity index (χ3v) is 5.45. The van der Waals surface area contributed by atoms with Crippen molar-refractivity contribution in [2.24, 2.45) is 0 Å². The molecule has 0 radical (unpaired) electrons. The van der Waals surface area contributed by atoms with E-state index in [0.29, 0.717) is 11.9 Å². The number of amides is 1. The molecule has 1 aromatic rings. The molecule has 1 heterocycles. The number of hydrogen-bond acceptors (Lipinski definition) is 2. The van der Waals surface area contributed by atoms with E-state index in [0.717, 1.165) is 12.8 Å². The van der Waals surface area contributed by atoms with Crippen LogP contribution >= 0.6 is 0 Å². The molecule has 2 aliphatic carbocycles. The summed E-state index contributed by atoms with van der Waals surface area (Å²) in [5.41, 5.74) is 3.60. The van der Waals surface area contributed by atoms with Gasteiger partial charge in [0.25, 0.3) is 0 Å². The molecule has 4 rings (SSSR count). The van der Waals surface area contributed by atoms with Gasteiger partial charge >= 0.3 is 0 Å². The fourth-order valence-corrected chi connectivity index (χ4v) is 4.18. The lowest BCUT2D eigenvalue weighted by Crippen LogP contribution is -2.44. The van der Waals surface area contributed by atoms with E-state index in [1.165, 1.54) is 42.4 Å². The Kier molecular flexibility index (Phi) is 2.90. The van der Waals surface area contributed by atoms with Crippen LogP contribution in [0.1, 0.15) is 61.4 Å². The second-order valence-corrected chi connectivity index (χ2v) is 7.14. The molecule has 3 aliphatic rings. The van der Waals surface area contributed by atoms with E-state index in [1.54, 1.807) is 0 Å². The van der Waals surface area contributed by atoms with Crippen LogP contribution in [0, 0.1) is 13.8 Å². The van der Waals surface area contributed by atoms with Gasteiger partial charge in [-0.15, -0.1) is 0 Å². The molecule has 2 saturated carbocycles. The van der Waals surface area contributed by atoms with Crippen molar-refractivity contribution in [3.05, 3.63) is 34.9 Å². The van der Waals surface area contributed by atoms with Crippen LogP contribution in [0.25, 0.3) is 0 Å². The number of rotatable bonds is 2. The summed E-state index contributed by atoms with van der Waals surface area (Å²) < 4.78 is 0. The lowest BCUT2D eigenvalue weighted by molar-refractivity contribution is -0.133. The predicted molar refractivity (Wildman–Crippen MR) is 82.9 cm³/mol. The number of hydrogen-bond donors (Lipinski definition) is 1. The van der Waals surface area contributed by atoms with Crippen LogP contribution < -0.4 is 5.32 Å². The first-order chi connectivity index (χ1) is 10.1. The molecule has 112 valence electrons. The van der Waals surface area contributed by atoms with Crippen LogP contribution in [0.5, 0.6) is 0 Å². The van der Waals surface area contributed by atoms with Gasteiger partial charge in [-0.2, -0.15) is 0 Å². The number of carbonyl (C=O) groups is 1. The van der Waals surface area contributed by atoms with E-state index >= 15 is 0 Å². The zero-order valence-corrected chi connectivity index (χ0v) is 13.0. The van der Waals surface area contributed by atoms with Gasteiger partial charge in [0.05, 0.1) is 5.54 Å². The maximum absolute atomic E-state index is 13.0. The highest BCUT2D eigenvalue weighted by molar-refractivity contribution is 5.90. The normalized spacial score (nSPS) is 27.8. The summed E-state index contributed by atoms with van der Waals surface area (Å²) in [7, 11) is 0. The second kappa shape index (κ2) is 4.57. The van der Waals surface area contributed by atoms with Gasteiger partial charge < -0.3 is 4.90 Å². The molecule has 1 spiro atoms. The Bertz CT molecular complexity index is 585. The lowest BCUT2D eigenvalue weighted by Gasteiger charge is -2.25. The summed E-state index contributed by atoms with van der Waals surface area (Å²) in [5.74, 6) is 0.368. The average Bonchev–Trinajstić information content (AvgIpc) is 3.09. The first kappa shape index (κ1) is 13.3. The molecular formula is C18H24N2O. The number of benzene rings is 1. The minimum absolute atomic E-state index is 0.0868. The summed E-state index contributed by atoms with van der Waals surface area (Å²) in [6.45, 7) is 4.29. The zero-order chi connectivity index (χ0) is 14.6. The molecule has 1 amide bonds. The SMILES string of the molecule is Cc1ccc(C2NC3(CCCC3)C(=O)N2C2CC2)c(C)c1. The molecule has 1 atom stereocenters. The predicted octanol–water partition coefficient (Wildman–Crippen LogP) is 3.21. The van der Waals surface area contributed by atoms with Gasteiger partial charge in [0.2, 0.25) is 5.91 Å². The van der Waals surface area contributed by atoms with Gasteiger partial charge in [0.15, 0.2) is 0 Å². The maximum Gasteiger partial charge on any atom is 0.244 e. The lowest BCUT2D eigenvalue weighted by atomic mass is 9.98. The van der Waals surface area contributed by atoms with Crippen LogP contribution in [-0.2, 0) is 4.79 Å². The maximum atomic E-state index is 13.0. The Balaban J connectivity index is 1.74. The minimum atomic E-state index is -0.259. The number of aryl methyl sites for hydroxylation is 2. The molecular weight excluding hydrogens is 260 g/mol. The molecule has 1 N–H and O–H groups in total. The van der Waals surface area contributed by atoms with Gasteiger partial charge in [0, 0.05) is 6.04 Å². The van der Waals surface area contributed by atoms with E-state index < -0.39 is 0 Å². The van der Waals surface area contributed by atoms with Crippen LogP contribution in [0.2, 0.25) is 0 Å². The molecule has 1 aromatic carbocycles. The van der Waals surface area contributed by atoms with Crippen LogP contribution in [0.3, 0.4) is 0 Å². The molecule has 1 aliphatic heterocycles. The third-order valence-electron chi connectivity index (χ3n) is 5.45. The van der Waals surface area contributed by atoms with E-state index in [-0.39, 0.29) is 11.7 Å². The first-order valence-electron chi connectivity index (χ1n) is 8.28. The van der Waals surface area contributed by atoms with Crippen molar-refractivity contribution in [1.29, 1.82) is 0 Å². The quantitative estimate of drug-likeness (QED) is 0.904. The number of carbonyl (C=O) groups excluding carboxylic acids is 1. The largest absolute Gasteiger partial charge is 0.318 e. The highest BCUT2D eigenvalue weighted by Crippen LogP contribution is 2.46. The van der Waals surface area contributed by atoms with Crippen molar-refractivity contribution >= 4 is 5.91 Å². The van der Waals surface area contributed by atoms with Crippen molar-refractivity contribution in [2.75, 3.05) is 0 Å². The summed E-state index contributed by atoms with van der Waals surface area (Å²) in [5, 5.41) is 3.74. The topological polar surface area (TPSA) is 32.3 Å². The number of nitrogens with one attached hydrogen (secondary N) is 1. The Hall–Kier alpha value is -1.35. The van der Waals surface area contributed by atoms with E-state index in [1.807, 2.05) is 0 Å². The summed E-state index contributed by atoms with van der Waals surface area (Å²) >= 11 is 0. The van der Waals surface area contributed by atoms with Crippen molar-refractivity contribution in [3.8, 4) is 0 Å². The van der Waals surface area contributed by atoms with Crippen LogP contribution in [0.15, 0.2) is 18.2 Å². The minimum Gasteiger partial charge on any atom is -0.318 e. The van der Waals surface area contributed by atoms with E-state index in [2.05, 4.69) is 42.3 Å². The molecule has 3 nitrogen and oxygen atoms in total. The van der Waals surface area contributed by atoms with Crippen LogP contribution in [0.4, 0.5) is 0 Å². The molecule has 21 heavy (non-hydrogen) atoms. The molecule has 3 fully saturated rings. The first-order valence-corrected chi connectivity index (χ1v) is 8.28. The zero-order valence-electron chi connectivity index (χ0n) is 13.0. The van der Waals surface area contributed by atoms with Crippen molar-refractivity contribution in [1.82, 2.24) is 10.2 Å². The fraction of sp³-hybridized carbons (Fsp3) is 0.611. The van der Waals surface area contributed by atoms with E-state index in [9.17, 15) is 4.79 Å². The standard InChI is InChI=1S/C18H24N2O/c1-12-5-8-15(13(2)11-12)16-19-18(9-3-4-10-18)17(21)20(16)14-6-7-14/h5,8,11,14,16,19H,3-4,6-7,9-10H2,1-2H3. The van der Waals surface area contributed by atoms with Crippen molar-refractivity contribution in [3.63, 3.8) is 0 Å². The highest BCUT2D eigenvalue weighted by Gasteiger charge is 2.56. The fourth-order valence-electron chi connectivity index (χ4n) is 4.18. The Morgan fingerprint density at radius 3 is 2.52 bits per heavy atom. The van der Waals surface area contributed by atoms with Crippen molar-refractivity contribution in [2.45, 2.75) is 70.1 Å². The summed E-state index contributed by atoms with van der Waals surface area (Å²) in [4.78, 5) is 15.2. The summed E-state index contributed by atoms with van der Waals surface area (Å²) in [6, 6.07) is 7.07. The number of nitrogens with zero attached hydrogens (tertiary/aromatic N) is 1. The molecule has 0 aromatic heterocycles. The molecule has 1 saturated heterocycles. The molecule has 0 bridgehead atoms. The van der Waals surface area contributed by atoms with Gasteiger partial charge in [-0.25, -0.2) is 0 Å². The van der Waals surface area contributed by atoms with Gasteiger partial charge in [0.1, 0.15) is 6.17 Å². The Morgan fingerprint density at radius 2 is 1.90 bits per heavy atom. The molecule has 1 unspecified atom stereocenters. The van der Waals surface area contributed by atoms with Gasteiger partial charge in [-0.05, 0) is 50.7 Å². The van der Waals surface area contributed by atoms with Gasteiger partial charge in [-0.3, -0.25) is 10.1 Å². The van der Waals surface area contributed by atoms with Crippen LogP contribution in [-0.4, -0.2) is 22.4 Å². The monoisotopic (exact) mass is 284 g/mol. The highest BCUT2D eigenvalue weighted by atomic mass is 16.2. The average molecular weight is 284 g/mol. The Morgan fingerprint density at radius 1 is 1.19 bits per heavy atom. The van der Waals surface area contributed by atoms with Crippen molar-refractivity contribution < 1.29 is 4.79 Å². The summed E-state index contributed by atoms with van der Waals surface area (Å²) in [6.07, 6.45) is 6.81. The van der Waals surface area contributed by atoms with Gasteiger partial charge in [-0.1, -0.05) is 36.6 Å². The molecule has 3 heteroatoms. The smallest absolute Gasteiger partial charge is 0.244 e. The Labute approximate surface area is 126 Å². The second-order valence-electron chi connectivity index (χ2n) is 7.14.